The standard InChI is InChI=1S/C16H24O2.2C14H22O.2C6H6O.C2H3ClO2.ClH.H2O4S/c1-11(17)18-14-9-8-12(15(2,3)4)10-13(14)16(5,6)7;2*1-13(2,3)10-7-8-12(15)11(9-10)14(4,5)6;2*7-6-4-2-1-3-5-6;1-5-2(3)4;;1-5(2,3)4/h8-10H,1-7H3;2*7-9,15H,1-6H3;2*1-5,7H;1H3;1H;(H2,1,2,3,4)/p+1/i2D3,5D3,6D3,9D;1D3,4D3,5D3,8D;1D3,4D3,5D3;1D,4D,5D;;;;/hD5. The van der Waals surface area contributed by atoms with Crippen LogP contribution < -0.4 is 4.74 Å². The molecule has 7 N–H and O–H groups in total. The maximum atomic E-state index is 11.5. The molecule has 410 valence electrons. The molecule has 0 heterocycles. The SMILES string of the molecule is COC(=O)Cl.Oc1ccccc1.[2H]C([2H])([2H])C(C)(C)c1ccc(O)c(C(C)(C([2H])([2H])[2H])C([2H])([2H])[2H])c1.[2H]Cl.[2H]Oc1c([2H])cc(C(C)(C)C([2H])([2H])[2H])cc1C(C)(C([2H])([2H])[2H])C([2H])([2H])[2H].[2H]Oc1c([2H])cc([2H])cc1[2H].[2H][O+]([2H])S(=O)(=O)O.[2H]c1cc(C(C)(C)C([2H])([2H])[2H])cc(C(C)(C([2H])([2H])[2H])C([2H])([2H])[2H])c1OC(C)=O. The number of esters is 1. The van der Waals surface area contributed by atoms with Crippen LogP contribution in [0.25, 0.3) is 0 Å². The topological polar surface area (TPSA) is 211 Å². The number of carbonyl (C=O) groups is 2. The van der Waals surface area contributed by atoms with Crippen LogP contribution in [-0.4, -0.2) is 63.4 Å². The van der Waals surface area contributed by atoms with Gasteiger partial charge in [0.25, 0.3) is 2.86 Å². The largest absolute Gasteiger partial charge is 0.526 e. The normalized spacial score (nSPS) is 20.1. The first-order chi connectivity index (χ1) is 48.6. The van der Waals surface area contributed by atoms with Gasteiger partial charge in [0.1, 0.15) is 29.9 Å². The third-order valence-electron chi connectivity index (χ3n) is 8.32. The van der Waals surface area contributed by atoms with E-state index in [1.54, 1.807) is 24.3 Å². The number of para-hydroxylation sites is 2. The molecule has 73 heavy (non-hydrogen) atoms. The Bertz CT molecular complexity index is 3860. The number of carbonyl (C=O) groups excluding carboxylic acids is 2. The van der Waals surface area contributed by atoms with Crippen molar-refractivity contribution in [3.63, 3.8) is 0 Å². The number of phenols is 4. The van der Waals surface area contributed by atoms with E-state index in [1.807, 2.05) is 6.07 Å². The Morgan fingerprint density at radius 3 is 1.37 bits per heavy atom. The molecular formula is C58H87Cl2O12S+. The van der Waals surface area contributed by atoms with Crippen molar-refractivity contribution in [2.45, 2.75) is 163 Å². The second-order valence-electron chi connectivity index (χ2n) is 17.1. The molecule has 0 bridgehead atoms. The van der Waals surface area contributed by atoms with E-state index in [0.717, 1.165) is 58.0 Å². The van der Waals surface area contributed by atoms with Crippen molar-refractivity contribution in [2.75, 3.05) is 7.11 Å². The van der Waals surface area contributed by atoms with Gasteiger partial charge in [-0.05, 0) is 103 Å². The molecule has 5 aromatic carbocycles. The first kappa shape index (κ1) is 29.1. The average molecular weight is 1120 g/mol. The zero-order chi connectivity index (χ0) is 88.7. The molecule has 0 saturated carbocycles. The van der Waals surface area contributed by atoms with Crippen LogP contribution in [0.4, 0.5) is 4.79 Å². The Balaban J connectivity index is -0.00000130. The predicted molar refractivity (Wildman–Crippen MR) is 303 cm³/mol. The number of rotatable bonds is 4. The summed E-state index contributed by atoms with van der Waals surface area (Å²) in [5.74, 6) is -2.17. The predicted octanol–water partition coefficient (Wildman–Crippen LogP) is 14.9. The van der Waals surface area contributed by atoms with Gasteiger partial charge in [-0.25, -0.2) is 9.35 Å². The lowest BCUT2D eigenvalue weighted by atomic mass is 9.80. The lowest BCUT2D eigenvalue weighted by Gasteiger charge is -2.26. The summed E-state index contributed by atoms with van der Waals surface area (Å²) >= 11 is 8.49. The molecule has 0 spiro atoms. The monoisotopic (exact) mass is 1110 g/mol. The minimum Gasteiger partial charge on any atom is -0.508 e. The molecule has 0 fully saturated rings. The van der Waals surface area contributed by atoms with Gasteiger partial charge >= 0.3 is 24.7 Å². The van der Waals surface area contributed by atoms with Crippen molar-refractivity contribution >= 4 is 45.7 Å². The minimum absolute atomic E-state index is 0.0446. The van der Waals surface area contributed by atoms with Gasteiger partial charge in [-0.15, -0.1) is 20.7 Å². The Labute approximate surface area is 501 Å². The molecule has 5 aromatic rings. The molecule has 0 aliphatic rings. The average Bonchev–Trinajstić information content (AvgIpc) is 0.738. The van der Waals surface area contributed by atoms with Crippen LogP contribution in [0.3, 0.4) is 0 Å². The molecule has 0 atom stereocenters. The van der Waals surface area contributed by atoms with Gasteiger partial charge in [0.05, 0.1) is 14.0 Å². The quantitative estimate of drug-likeness (QED) is 0.0376. The summed E-state index contributed by atoms with van der Waals surface area (Å²) in [5, 5.41) is 27.2. The van der Waals surface area contributed by atoms with E-state index in [2.05, 4.69) is 38.9 Å². The number of benzene rings is 5. The molecule has 0 unspecified atom stereocenters. The highest BCUT2D eigenvalue weighted by Crippen LogP contribution is 2.37. The van der Waals surface area contributed by atoms with Gasteiger partial charge in [0.15, 0.2) is 0 Å². The van der Waals surface area contributed by atoms with E-state index in [9.17, 15) is 23.1 Å². The van der Waals surface area contributed by atoms with E-state index in [-0.39, 0.29) is 50.7 Å². The second-order valence-corrected chi connectivity index (χ2v) is 18.3. The van der Waals surface area contributed by atoms with E-state index >= 15 is 0 Å². The third-order valence-corrected chi connectivity index (χ3v) is 8.47. The number of hydrogen-bond acceptors (Lipinski definition) is 10. The molecule has 12 nitrogen and oxygen atoms in total. The molecule has 5 rings (SSSR count). The van der Waals surface area contributed by atoms with Gasteiger partial charge in [0, 0.05) is 61.1 Å². The van der Waals surface area contributed by atoms with Crippen molar-refractivity contribution < 1.29 is 101 Å². The van der Waals surface area contributed by atoms with Crippen LogP contribution in [0, 0.1) is 0 Å². The Hall–Kier alpha value is -5.31. The van der Waals surface area contributed by atoms with Crippen LogP contribution >= 0.6 is 23.9 Å². The summed E-state index contributed by atoms with van der Waals surface area (Å²) < 4.78 is 312. The first-order valence-electron chi connectivity index (χ1n) is 38.5. The van der Waals surface area contributed by atoms with Gasteiger partial charge in [-0.3, -0.25) is 4.79 Å². The molecule has 0 aliphatic heterocycles. The number of aromatic hydroxyl groups is 4. The van der Waals surface area contributed by atoms with Gasteiger partial charge in [-0.1, -0.05) is 197 Å². The Kier molecular flexibility index (Phi) is 12.3. The van der Waals surface area contributed by atoms with Crippen molar-refractivity contribution in [1.29, 1.82) is 6.90 Å². The number of ether oxygens (including phenoxy) is 2. The van der Waals surface area contributed by atoms with E-state index < -0.39 is 156 Å². The fourth-order valence-corrected chi connectivity index (χ4v) is 4.71. The second kappa shape index (κ2) is 30.8. The number of methoxy groups -OCH3 is 1. The van der Waals surface area contributed by atoms with E-state index in [1.165, 1.54) is 72.9 Å². The maximum Gasteiger partial charge on any atom is 0.526 e. The first-order valence-corrected chi connectivity index (χ1v) is 22.3. The molecule has 15 heteroatoms. The summed E-state index contributed by atoms with van der Waals surface area (Å²) in [6, 6.07) is 18.3. The van der Waals surface area contributed by atoms with Crippen LogP contribution in [0.2, 0.25) is 0 Å². The summed E-state index contributed by atoms with van der Waals surface area (Å²) in [4.78, 5) is 20.9. The zero-order valence-corrected chi connectivity index (χ0v) is 44.1. The molecule has 0 aliphatic carbocycles. The van der Waals surface area contributed by atoms with E-state index in [4.69, 9.17) is 65.2 Å². The highest BCUT2D eigenvalue weighted by molar-refractivity contribution is 7.79. The minimum atomic E-state index is -4.66. The lowest BCUT2D eigenvalue weighted by molar-refractivity contribution is -0.131. The van der Waals surface area contributed by atoms with Crippen molar-refractivity contribution in [3.8, 4) is 28.7 Å². The van der Waals surface area contributed by atoms with Gasteiger partial charge in [0.2, 0.25) is 0 Å². The van der Waals surface area contributed by atoms with Crippen LogP contribution in [-0.2, 0) is 52.4 Å². The smallest absolute Gasteiger partial charge is 0.508 e. The van der Waals surface area contributed by atoms with Crippen molar-refractivity contribution in [1.82, 2.24) is 0 Å². The third kappa shape index (κ3) is 33.2. The Morgan fingerprint density at radius 2 is 1.01 bits per heavy atom. The fraction of sp³-hybridized carbons (Fsp3) is 0.448. The van der Waals surface area contributed by atoms with Gasteiger partial charge in [-0.2, -0.15) is 0 Å². The molecule has 0 saturated heterocycles. The summed E-state index contributed by atoms with van der Waals surface area (Å²) in [5.41, 5.74) is -13.2. The summed E-state index contributed by atoms with van der Waals surface area (Å²) in [7, 11) is -3.44. The zero-order valence-electron chi connectivity index (χ0n) is 78.8. The highest BCUT2D eigenvalue weighted by Gasteiger charge is 2.25. The fourth-order valence-electron chi connectivity index (χ4n) is 4.71. The van der Waals surface area contributed by atoms with E-state index in [0.29, 0.717) is 5.75 Å². The Morgan fingerprint density at radius 1 is 0.616 bits per heavy atom. The lowest BCUT2D eigenvalue weighted by Crippen LogP contribution is -2.18. The van der Waals surface area contributed by atoms with Gasteiger partial charge < -0.3 is 34.5 Å². The van der Waals surface area contributed by atoms with Crippen molar-refractivity contribution in [2.24, 2.45) is 0 Å². The van der Waals surface area contributed by atoms with Crippen molar-refractivity contribution in [3.05, 3.63) is 149 Å². The van der Waals surface area contributed by atoms with Crippen LogP contribution in [0.15, 0.2) is 115 Å². The highest BCUT2D eigenvalue weighted by atomic mass is 35.5. The number of hydrogen-bond donors (Lipinski definition) is 5. The molecular weight excluding hydrogens is 992 g/mol. The number of phenolic OH excluding ortho intramolecular Hbond substituents is 4. The van der Waals surface area contributed by atoms with Crippen LogP contribution in [0.5, 0.6) is 28.7 Å². The van der Waals surface area contributed by atoms with Crippen LogP contribution in [0.1, 0.15) is 208 Å². The molecule has 0 amide bonds. The summed E-state index contributed by atoms with van der Waals surface area (Å²) in [6.07, 6.45) is 0. The maximum absolute atomic E-state index is 11.5. The molecule has 0 radical (unpaired) electrons. The number of halogens is 2. The molecule has 0 aromatic heterocycles. The summed E-state index contributed by atoms with van der Waals surface area (Å²) in [6.45, 7) is -13.0.